The molecule has 6 nitrogen and oxygen atoms in total. The Morgan fingerprint density at radius 3 is 3.19 bits per heavy atom. The predicted molar refractivity (Wildman–Crippen MR) is 57.7 cm³/mol. The molecule has 1 unspecified atom stereocenters. The van der Waals surface area contributed by atoms with Crippen LogP contribution in [0.1, 0.15) is 12.0 Å². The highest BCUT2D eigenvalue weighted by molar-refractivity contribution is 5.49. The molecule has 0 aliphatic rings. The lowest BCUT2D eigenvalue weighted by Crippen LogP contribution is -2.19. The number of hydrogen-bond donors (Lipinski definition) is 2. The maximum absolute atomic E-state index is 9.39. The van der Waals surface area contributed by atoms with Crippen molar-refractivity contribution >= 4 is 5.82 Å². The zero-order valence-corrected chi connectivity index (χ0v) is 9.05. The number of nitriles is 1. The van der Waals surface area contributed by atoms with Crippen LogP contribution in [0.5, 0.6) is 0 Å². The summed E-state index contributed by atoms with van der Waals surface area (Å²) < 4.78 is 4.79. The summed E-state index contributed by atoms with van der Waals surface area (Å²) in [5.41, 5.74) is 0.441. The number of anilines is 1. The lowest BCUT2D eigenvalue weighted by molar-refractivity contribution is 0.0615. The normalized spacial score (nSPS) is 11.8. The molecule has 0 fully saturated rings. The van der Waals surface area contributed by atoms with E-state index in [-0.39, 0.29) is 0 Å². The predicted octanol–water partition coefficient (Wildman–Crippen LogP) is 0.158. The number of aliphatic hydroxyl groups is 1. The second-order valence-corrected chi connectivity index (χ2v) is 3.23. The Bertz CT molecular complexity index is 364. The van der Waals surface area contributed by atoms with Gasteiger partial charge in [-0.25, -0.2) is 0 Å². The number of aliphatic hydroxyl groups excluding tert-OH is 1. The van der Waals surface area contributed by atoms with Gasteiger partial charge < -0.3 is 15.2 Å². The summed E-state index contributed by atoms with van der Waals surface area (Å²) in [6.07, 6.45) is 1.47. The van der Waals surface area contributed by atoms with E-state index in [2.05, 4.69) is 15.5 Å². The van der Waals surface area contributed by atoms with Gasteiger partial charge in [0.25, 0.3) is 0 Å². The smallest absolute Gasteiger partial charge is 0.166 e. The van der Waals surface area contributed by atoms with Gasteiger partial charge in [0.2, 0.25) is 0 Å². The molecule has 6 heteroatoms. The van der Waals surface area contributed by atoms with Crippen LogP contribution in [0.15, 0.2) is 12.3 Å². The first-order valence-electron chi connectivity index (χ1n) is 4.90. The van der Waals surface area contributed by atoms with Crippen LogP contribution in [-0.2, 0) is 4.74 Å². The van der Waals surface area contributed by atoms with Crippen LogP contribution in [0.2, 0.25) is 0 Å². The second kappa shape index (κ2) is 6.71. The minimum atomic E-state index is -0.514. The summed E-state index contributed by atoms with van der Waals surface area (Å²) in [5, 5.41) is 28.6. The molecule has 86 valence electrons. The fraction of sp³-hybridized carbons (Fsp3) is 0.500. The van der Waals surface area contributed by atoms with E-state index in [9.17, 15) is 5.11 Å². The van der Waals surface area contributed by atoms with Crippen molar-refractivity contribution < 1.29 is 9.84 Å². The molecule has 0 saturated carbocycles. The van der Waals surface area contributed by atoms with Crippen LogP contribution >= 0.6 is 0 Å². The number of ether oxygens (including phenoxy) is 1. The van der Waals surface area contributed by atoms with Crippen LogP contribution in [0.25, 0.3) is 0 Å². The van der Waals surface area contributed by atoms with Gasteiger partial charge in [0.05, 0.1) is 24.5 Å². The molecule has 0 aliphatic heterocycles. The first-order valence-corrected chi connectivity index (χ1v) is 4.90. The molecular weight excluding hydrogens is 208 g/mol. The molecule has 0 saturated heterocycles. The van der Waals surface area contributed by atoms with E-state index in [4.69, 9.17) is 10.00 Å². The Morgan fingerprint density at radius 1 is 1.69 bits per heavy atom. The van der Waals surface area contributed by atoms with Crippen molar-refractivity contribution in [1.82, 2.24) is 10.2 Å². The highest BCUT2D eigenvalue weighted by atomic mass is 16.5. The molecule has 0 bridgehead atoms. The van der Waals surface area contributed by atoms with Crippen molar-refractivity contribution in [3.63, 3.8) is 0 Å². The molecule has 0 spiro atoms. The molecule has 2 N–H and O–H groups in total. The zero-order valence-electron chi connectivity index (χ0n) is 9.05. The molecule has 1 atom stereocenters. The quantitative estimate of drug-likeness (QED) is 0.712. The van der Waals surface area contributed by atoms with E-state index < -0.39 is 6.10 Å². The summed E-state index contributed by atoms with van der Waals surface area (Å²) in [4.78, 5) is 0. The van der Waals surface area contributed by atoms with E-state index >= 15 is 0 Å². The van der Waals surface area contributed by atoms with Crippen molar-refractivity contribution in [1.29, 1.82) is 5.26 Å². The molecular formula is C10H14N4O2. The number of nitrogens with zero attached hydrogens (tertiary/aromatic N) is 3. The standard InChI is InChI=1S/C10H14N4O2/c1-16-7-9(15)3-4-12-10-8(6-11)2-5-13-14-10/h2,5,9,15H,3-4,7H2,1H3,(H,12,14). The molecule has 0 amide bonds. The number of hydrogen-bond acceptors (Lipinski definition) is 6. The van der Waals surface area contributed by atoms with Crippen LogP contribution in [-0.4, -0.2) is 41.7 Å². The Hall–Kier alpha value is -1.71. The van der Waals surface area contributed by atoms with Gasteiger partial charge in [-0.15, -0.1) is 5.10 Å². The third-order valence-corrected chi connectivity index (χ3v) is 1.97. The minimum Gasteiger partial charge on any atom is -0.391 e. The van der Waals surface area contributed by atoms with Crippen molar-refractivity contribution in [3.05, 3.63) is 17.8 Å². The SMILES string of the molecule is COCC(O)CCNc1nnccc1C#N. The van der Waals surface area contributed by atoms with Crippen LogP contribution in [0, 0.1) is 11.3 Å². The first-order chi connectivity index (χ1) is 7.77. The highest BCUT2D eigenvalue weighted by Gasteiger charge is 2.05. The zero-order chi connectivity index (χ0) is 11.8. The monoisotopic (exact) mass is 222 g/mol. The number of rotatable bonds is 6. The fourth-order valence-corrected chi connectivity index (χ4v) is 1.19. The summed E-state index contributed by atoms with van der Waals surface area (Å²) in [5.74, 6) is 0.439. The maximum atomic E-state index is 9.39. The Balaban J connectivity index is 2.40. The van der Waals surface area contributed by atoms with Gasteiger partial charge in [-0.3, -0.25) is 0 Å². The van der Waals surface area contributed by atoms with Gasteiger partial charge in [-0.2, -0.15) is 10.4 Å². The van der Waals surface area contributed by atoms with Crippen molar-refractivity contribution in [2.75, 3.05) is 25.6 Å². The highest BCUT2D eigenvalue weighted by Crippen LogP contribution is 2.08. The molecule has 0 radical (unpaired) electrons. The van der Waals surface area contributed by atoms with Gasteiger partial charge in [-0.1, -0.05) is 0 Å². The average molecular weight is 222 g/mol. The van der Waals surface area contributed by atoms with E-state index in [0.29, 0.717) is 31.0 Å². The Morgan fingerprint density at radius 2 is 2.50 bits per heavy atom. The average Bonchev–Trinajstić information content (AvgIpc) is 2.30. The van der Waals surface area contributed by atoms with Gasteiger partial charge in [0.1, 0.15) is 6.07 Å². The minimum absolute atomic E-state index is 0.299. The van der Waals surface area contributed by atoms with Crippen molar-refractivity contribution in [2.45, 2.75) is 12.5 Å². The molecule has 0 aromatic carbocycles. The first kappa shape index (κ1) is 12.4. The van der Waals surface area contributed by atoms with Gasteiger partial charge in [-0.05, 0) is 12.5 Å². The maximum Gasteiger partial charge on any atom is 0.166 e. The largest absolute Gasteiger partial charge is 0.391 e. The van der Waals surface area contributed by atoms with E-state index in [1.54, 1.807) is 6.07 Å². The summed E-state index contributed by atoms with van der Waals surface area (Å²) in [6, 6.07) is 3.59. The molecule has 16 heavy (non-hydrogen) atoms. The summed E-state index contributed by atoms with van der Waals surface area (Å²) in [7, 11) is 1.53. The van der Waals surface area contributed by atoms with Gasteiger partial charge >= 0.3 is 0 Å². The van der Waals surface area contributed by atoms with Crippen LogP contribution in [0.4, 0.5) is 5.82 Å². The molecule has 1 heterocycles. The fourth-order valence-electron chi connectivity index (χ4n) is 1.19. The summed E-state index contributed by atoms with van der Waals surface area (Å²) in [6.45, 7) is 0.811. The Labute approximate surface area is 93.9 Å². The van der Waals surface area contributed by atoms with Crippen molar-refractivity contribution in [2.24, 2.45) is 0 Å². The van der Waals surface area contributed by atoms with E-state index in [1.807, 2.05) is 6.07 Å². The molecule has 1 rings (SSSR count). The number of nitrogens with one attached hydrogen (secondary N) is 1. The van der Waals surface area contributed by atoms with E-state index in [0.717, 1.165) is 0 Å². The molecule has 1 aromatic heterocycles. The molecule has 1 aromatic rings. The topological polar surface area (TPSA) is 91.1 Å². The number of methoxy groups -OCH3 is 1. The lowest BCUT2D eigenvalue weighted by Gasteiger charge is -2.10. The van der Waals surface area contributed by atoms with Gasteiger partial charge in [0, 0.05) is 13.7 Å². The second-order valence-electron chi connectivity index (χ2n) is 3.23. The van der Waals surface area contributed by atoms with Crippen molar-refractivity contribution in [3.8, 4) is 6.07 Å². The lowest BCUT2D eigenvalue weighted by atomic mass is 10.2. The van der Waals surface area contributed by atoms with E-state index in [1.165, 1.54) is 13.3 Å². The molecule has 0 aliphatic carbocycles. The Kier molecular flexibility index (Phi) is 5.19. The third-order valence-electron chi connectivity index (χ3n) is 1.97. The van der Waals surface area contributed by atoms with Gasteiger partial charge in [0.15, 0.2) is 5.82 Å². The van der Waals surface area contributed by atoms with Crippen LogP contribution < -0.4 is 5.32 Å². The van der Waals surface area contributed by atoms with Crippen LogP contribution in [0.3, 0.4) is 0 Å². The summed E-state index contributed by atoms with van der Waals surface area (Å²) >= 11 is 0. The number of aromatic nitrogens is 2. The third kappa shape index (κ3) is 3.81.